The number of aliphatic carboxylic acids is 1. The zero-order valence-electron chi connectivity index (χ0n) is 8.27. The van der Waals surface area contributed by atoms with Gasteiger partial charge in [-0.05, 0) is 18.6 Å². The molecule has 1 heterocycles. The van der Waals surface area contributed by atoms with E-state index in [9.17, 15) is 4.79 Å². The molecule has 0 amide bonds. The van der Waals surface area contributed by atoms with E-state index in [0.717, 1.165) is 11.3 Å². The fourth-order valence-electron chi connectivity index (χ4n) is 2.11. The molecule has 74 valence electrons. The molecular weight excluding hydrogens is 178 g/mol. The van der Waals surface area contributed by atoms with Crippen molar-refractivity contribution in [2.45, 2.75) is 18.9 Å². The Bertz CT molecular complexity index is 375. The number of carbonyl (C=O) groups is 1. The van der Waals surface area contributed by atoms with Gasteiger partial charge in [-0.3, -0.25) is 4.79 Å². The molecule has 0 fully saturated rings. The molecule has 0 bridgehead atoms. The Balaban J connectivity index is 2.53. The molecule has 1 aromatic carbocycles. The van der Waals surface area contributed by atoms with Gasteiger partial charge in [-0.15, -0.1) is 0 Å². The Kier molecular flexibility index (Phi) is 1.95. The van der Waals surface area contributed by atoms with Gasteiger partial charge in [-0.25, -0.2) is 0 Å². The number of carboxylic acid groups (broad SMARTS) is 1. The highest BCUT2D eigenvalue weighted by Gasteiger charge is 2.37. The zero-order chi connectivity index (χ0) is 10.3. The van der Waals surface area contributed by atoms with Crippen molar-refractivity contribution in [3.63, 3.8) is 0 Å². The Morgan fingerprint density at radius 1 is 1.43 bits per heavy atom. The first-order valence-electron chi connectivity index (χ1n) is 4.67. The number of fused-ring (bicyclic) bond motifs is 1. The molecule has 0 saturated heterocycles. The Morgan fingerprint density at radius 2 is 2.07 bits per heavy atom. The van der Waals surface area contributed by atoms with Crippen molar-refractivity contribution in [1.29, 1.82) is 0 Å². The monoisotopic (exact) mass is 191 g/mol. The third-order valence-electron chi connectivity index (χ3n) is 3.01. The van der Waals surface area contributed by atoms with Gasteiger partial charge in [-0.2, -0.15) is 0 Å². The highest BCUT2D eigenvalue weighted by molar-refractivity contribution is 5.83. The lowest BCUT2D eigenvalue weighted by Crippen LogP contribution is -2.30. The second-order valence-electron chi connectivity index (χ2n) is 3.73. The number of hydrogen-bond acceptors (Lipinski definition) is 2. The van der Waals surface area contributed by atoms with E-state index in [4.69, 9.17) is 5.11 Å². The molecular formula is C11H13NO2. The van der Waals surface area contributed by atoms with Gasteiger partial charge in [-0.1, -0.05) is 18.2 Å². The van der Waals surface area contributed by atoms with Gasteiger partial charge < -0.3 is 10.0 Å². The van der Waals surface area contributed by atoms with Gasteiger partial charge in [0.05, 0.1) is 0 Å². The first-order chi connectivity index (χ1) is 6.63. The van der Waals surface area contributed by atoms with Gasteiger partial charge in [0.25, 0.3) is 0 Å². The molecule has 1 N–H and O–H groups in total. The molecule has 1 aliphatic rings. The lowest BCUT2D eigenvalue weighted by molar-refractivity contribution is -0.139. The van der Waals surface area contributed by atoms with Crippen molar-refractivity contribution in [3.8, 4) is 0 Å². The number of hydrogen-bond donors (Lipinski definition) is 1. The van der Waals surface area contributed by atoms with Crippen molar-refractivity contribution in [2.24, 2.45) is 0 Å². The van der Waals surface area contributed by atoms with Crippen LogP contribution in [0.4, 0.5) is 5.69 Å². The van der Waals surface area contributed by atoms with Crippen LogP contribution in [0.3, 0.4) is 0 Å². The van der Waals surface area contributed by atoms with Crippen LogP contribution < -0.4 is 4.90 Å². The number of para-hydroxylation sites is 1. The van der Waals surface area contributed by atoms with E-state index in [1.807, 2.05) is 43.1 Å². The zero-order valence-corrected chi connectivity index (χ0v) is 8.27. The molecule has 1 aliphatic heterocycles. The highest BCUT2D eigenvalue weighted by Crippen LogP contribution is 2.39. The summed E-state index contributed by atoms with van der Waals surface area (Å²) < 4.78 is 0. The van der Waals surface area contributed by atoms with E-state index in [1.165, 1.54) is 0 Å². The Labute approximate surface area is 83.0 Å². The van der Waals surface area contributed by atoms with E-state index in [0.29, 0.717) is 0 Å². The van der Waals surface area contributed by atoms with Crippen molar-refractivity contribution in [1.82, 2.24) is 0 Å². The largest absolute Gasteiger partial charge is 0.481 e. The Morgan fingerprint density at radius 3 is 2.71 bits per heavy atom. The molecule has 0 aromatic heterocycles. The highest BCUT2D eigenvalue weighted by atomic mass is 16.4. The van der Waals surface area contributed by atoms with E-state index in [-0.39, 0.29) is 6.04 Å². The quantitative estimate of drug-likeness (QED) is 0.734. The summed E-state index contributed by atoms with van der Waals surface area (Å²) in [6.07, 6.45) is 0. The molecule has 0 spiro atoms. The molecule has 3 heteroatoms. The summed E-state index contributed by atoms with van der Waals surface area (Å²) in [5, 5.41) is 9.12. The minimum absolute atomic E-state index is 0.0323. The second-order valence-corrected chi connectivity index (χ2v) is 3.73. The van der Waals surface area contributed by atoms with Crippen molar-refractivity contribution >= 4 is 11.7 Å². The fraction of sp³-hybridized carbons (Fsp3) is 0.364. The van der Waals surface area contributed by atoms with Crippen molar-refractivity contribution < 1.29 is 9.90 Å². The van der Waals surface area contributed by atoms with Crippen LogP contribution >= 0.6 is 0 Å². The number of nitrogens with zero attached hydrogens (tertiary/aromatic N) is 1. The maximum absolute atomic E-state index is 11.1. The van der Waals surface area contributed by atoms with Gasteiger partial charge >= 0.3 is 5.97 Å². The fourth-order valence-corrected chi connectivity index (χ4v) is 2.11. The molecule has 0 saturated carbocycles. The van der Waals surface area contributed by atoms with E-state index >= 15 is 0 Å². The third-order valence-corrected chi connectivity index (χ3v) is 3.01. The van der Waals surface area contributed by atoms with Crippen LogP contribution in [0.1, 0.15) is 18.4 Å². The molecule has 2 rings (SSSR count). The second kappa shape index (κ2) is 3.01. The summed E-state index contributed by atoms with van der Waals surface area (Å²) in [4.78, 5) is 13.1. The summed E-state index contributed by atoms with van der Waals surface area (Å²) >= 11 is 0. The first-order valence-corrected chi connectivity index (χ1v) is 4.67. The van der Waals surface area contributed by atoms with Crippen LogP contribution in [0, 0.1) is 0 Å². The summed E-state index contributed by atoms with van der Waals surface area (Å²) in [5.41, 5.74) is 1.96. The van der Waals surface area contributed by atoms with Crippen LogP contribution in [0.25, 0.3) is 0 Å². The third kappa shape index (κ3) is 1.09. The van der Waals surface area contributed by atoms with Gasteiger partial charge in [0.15, 0.2) is 0 Å². The summed E-state index contributed by atoms with van der Waals surface area (Å²) in [6, 6.07) is 7.72. The summed E-state index contributed by atoms with van der Waals surface area (Å²) in [6.45, 7) is 1.94. The van der Waals surface area contributed by atoms with Crippen LogP contribution in [0.2, 0.25) is 0 Å². The normalized spacial score (nSPS) is 24.9. The summed E-state index contributed by atoms with van der Waals surface area (Å²) in [5.74, 6) is -1.13. The van der Waals surface area contributed by atoms with Crippen molar-refractivity contribution in [2.75, 3.05) is 11.9 Å². The number of anilines is 1. The standard InChI is InChI=1S/C11H13NO2/c1-7-10(11(13)14)8-5-3-4-6-9(8)12(7)2/h3-7,10H,1-2H3,(H,13,14). The van der Waals surface area contributed by atoms with E-state index < -0.39 is 11.9 Å². The lowest BCUT2D eigenvalue weighted by atomic mass is 9.96. The number of rotatable bonds is 1. The average Bonchev–Trinajstić information content (AvgIpc) is 2.41. The smallest absolute Gasteiger partial charge is 0.313 e. The lowest BCUT2D eigenvalue weighted by Gasteiger charge is -2.20. The van der Waals surface area contributed by atoms with Crippen LogP contribution in [0.15, 0.2) is 24.3 Å². The van der Waals surface area contributed by atoms with Gasteiger partial charge in [0.1, 0.15) is 5.92 Å². The first kappa shape index (κ1) is 9.06. The predicted molar refractivity (Wildman–Crippen MR) is 54.7 cm³/mol. The van der Waals surface area contributed by atoms with Gasteiger partial charge in [0, 0.05) is 18.8 Å². The molecule has 1 aromatic rings. The Hall–Kier alpha value is -1.51. The SMILES string of the molecule is CC1C(C(=O)O)c2ccccc2N1C. The number of benzene rings is 1. The molecule has 14 heavy (non-hydrogen) atoms. The minimum atomic E-state index is -0.741. The average molecular weight is 191 g/mol. The topological polar surface area (TPSA) is 40.5 Å². The number of likely N-dealkylation sites (N-methyl/N-ethyl adjacent to an activating group) is 1. The maximum atomic E-state index is 11.1. The molecule has 0 aliphatic carbocycles. The maximum Gasteiger partial charge on any atom is 0.313 e. The number of carboxylic acids is 1. The van der Waals surface area contributed by atoms with Crippen LogP contribution in [-0.4, -0.2) is 24.2 Å². The van der Waals surface area contributed by atoms with E-state index in [1.54, 1.807) is 0 Å². The van der Waals surface area contributed by atoms with Crippen LogP contribution in [-0.2, 0) is 4.79 Å². The van der Waals surface area contributed by atoms with E-state index in [2.05, 4.69) is 0 Å². The predicted octanol–water partition coefficient (Wildman–Crippen LogP) is 1.69. The van der Waals surface area contributed by atoms with Crippen LogP contribution in [0.5, 0.6) is 0 Å². The molecule has 0 radical (unpaired) electrons. The van der Waals surface area contributed by atoms with Crippen molar-refractivity contribution in [3.05, 3.63) is 29.8 Å². The molecule has 3 nitrogen and oxygen atoms in total. The molecule has 2 unspecified atom stereocenters. The summed E-state index contributed by atoms with van der Waals surface area (Å²) in [7, 11) is 1.94. The minimum Gasteiger partial charge on any atom is -0.481 e. The molecule has 2 atom stereocenters. The van der Waals surface area contributed by atoms with Gasteiger partial charge in [0.2, 0.25) is 0 Å².